The molecule has 0 bridgehead atoms. The molecule has 0 unspecified atom stereocenters. The Balaban J connectivity index is 2.28. The summed E-state index contributed by atoms with van der Waals surface area (Å²) >= 11 is 3.65. The highest BCUT2D eigenvalue weighted by molar-refractivity contribution is 9.08. The van der Waals surface area contributed by atoms with E-state index in [-0.39, 0.29) is 0 Å². The van der Waals surface area contributed by atoms with E-state index in [0.29, 0.717) is 0 Å². The van der Waals surface area contributed by atoms with Crippen molar-refractivity contribution in [3.8, 4) is 0 Å². The van der Waals surface area contributed by atoms with E-state index in [1.54, 1.807) is 0 Å². The molecule has 0 radical (unpaired) electrons. The summed E-state index contributed by atoms with van der Waals surface area (Å²) in [6, 6.07) is 19.3. The lowest BCUT2D eigenvalue weighted by Gasteiger charge is -2.11. The molecule has 1 nitrogen and oxygen atoms in total. The molecule has 0 fully saturated rings. The second-order valence-electron chi connectivity index (χ2n) is 5.43. The highest BCUT2D eigenvalue weighted by atomic mass is 79.9. The summed E-state index contributed by atoms with van der Waals surface area (Å²) in [5.41, 5.74) is 4.74. The lowest BCUT2D eigenvalue weighted by molar-refractivity contribution is 1.42. The molecule has 0 aliphatic rings. The molecule has 0 atom stereocenters. The fourth-order valence-corrected chi connectivity index (χ4v) is 3.62. The third-order valence-electron chi connectivity index (χ3n) is 4.07. The van der Waals surface area contributed by atoms with E-state index in [2.05, 4.69) is 77.5 Å². The molecular weight excluding hydrogens is 322 g/mol. The molecule has 0 amide bonds. The summed E-state index contributed by atoms with van der Waals surface area (Å²) in [7, 11) is 0. The molecular formula is C19H14BrN. The summed E-state index contributed by atoms with van der Waals surface area (Å²) in [6.07, 6.45) is 0. The monoisotopic (exact) mass is 335 g/mol. The average molecular weight is 336 g/mol. The van der Waals surface area contributed by atoms with Crippen molar-refractivity contribution < 1.29 is 0 Å². The molecule has 0 aliphatic carbocycles. The fourth-order valence-electron chi connectivity index (χ4n) is 3.02. The normalized spacial score (nSPS) is 11.5. The molecule has 3 aromatic carbocycles. The maximum atomic E-state index is 4.95. The predicted molar refractivity (Wildman–Crippen MR) is 94.1 cm³/mol. The van der Waals surface area contributed by atoms with Crippen LogP contribution >= 0.6 is 15.9 Å². The van der Waals surface area contributed by atoms with Crippen LogP contribution in [0, 0.1) is 6.92 Å². The van der Waals surface area contributed by atoms with Gasteiger partial charge in [-0.2, -0.15) is 0 Å². The van der Waals surface area contributed by atoms with E-state index < -0.39 is 0 Å². The van der Waals surface area contributed by atoms with Crippen LogP contribution in [-0.2, 0) is 5.33 Å². The largest absolute Gasteiger partial charge is 0.247 e. The minimum absolute atomic E-state index is 0.837. The van der Waals surface area contributed by atoms with Gasteiger partial charge in [0.25, 0.3) is 0 Å². The number of alkyl halides is 1. The molecule has 1 heterocycles. The number of halogens is 1. The van der Waals surface area contributed by atoms with Crippen LogP contribution in [0.4, 0.5) is 0 Å². The van der Waals surface area contributed by atoms with Crippen molar-refractivity contribution in [2.45, 2.75) is 12.3 Å². The number of hydrogen-bond donors (Lipinski definition) is 0. The van der Waals surface area contributed by atoms with Gasteiger partial charge in [0.1, 0.15) is 0 Å². The number of pyridine rings is 1. The summed E-state index contributed by atoms with van der Waals surface area (Å²) in [5, 5.41) is 5.78. The zero-order chi connectivity index (χ0) is 14.4. The van der Waals surface area contributed by atoms with Gasteiger partial charge in [-0.25, -0.2) is 4.98 Å². The number of rotatable bonds is 1. The first-order valence-electron chi connectivity index (χ1n) is 7.04. The van der Waals surface area contributed by atoms with Crippen molar-refractivity contribution in [3.63, 3.8) is 0 Å². The molecule has 0 saturated carbocycles. The molecule has 0 spiro atoms. The summed E-state index contributed by atoms with van der Waals surface area (Å²) in [6.45, 7) is 2.11. The maximum Gasteiger partial charge on any atom is 0.0791 e. The van der Waals surface area contributed by atoms with Crippen molar-refractivity contribution in [2.75, 3.05) is 0 Å². The first kappa shape index (κ1) is 12.8. The highest BCUT2D eigenvalue weighted by Gasteiger charge is 2.10. The molecule has 102 valence electrons. The Kier molecular flexibility index (Phi) is 2.93. The van der Waals surface area contributed by atoms with Crippen LogP contribution in [0.3, 0.4) is 0 Å². The minimum atomic E-state index is 0.837. The van der Waals surface area contributed by atoms with Gasteiger partial charge in [0.15, 0.2) is 0 Å². The van der Waals surface area contributed by atoms with Gasteiger partial charge in [-0.05, 0) is 29.5 Å². The number of nitrogens with zero attached hydrogens (tertiary/aromatic N) is 1. The Morgan fingerprint density at radius 1 is 0.905 bits per heavy atom. The van der Waals surface area contributed by atoms with Gasteiger partial charge in [0.05, 0.1) is 11.0 Å². The molecule has 4 aromatic rings. The van der Waals surface area contributed by atoms with Gasteiger partial charge in [0, 0.05) is 21.5 Å². The fraction of sp³-hybridized carbons (Fsp3) is 0.105. The van der Waals surface area contributed by atoms with Gasteiger partial charge in [-0.3, -0.25) is 0 Å². The van der Waals surface area contributed by atoms with Crippen molar-refractivity contribution >= 4 is 48.5 Å². The van der Waals surface area contributed by atoms with E-state index in [1.165, 1.54) is 32.7 Å². The molecule has 0 aliphatic heterocycles. The molecule has 0 N–H and O–H groups in total. The first-order valence-corrected chi connectivity index (χ1v) is 8.17. The Labute approximate surface area is 131 Å². The van der Waals surface area contributed by atoms with Gasteiger partial charge in [0.2, 0.25) is 0 Å². The van der Waals surface area contributed by atoms with Crippen LogP contribution in [0.2, 0.25) is 0 Å². The summed E-state index contributed by atoms with van der Waals surface area (Å²) < 4.78 is 0. The van der Waals surface area contributed by atoms with E-state index in [0.717, 1.165) is 16.4 Å². The zero-order valence-electron chi connectivity index (χ0n) is 11.7. The van der Waals surface area contributed by atoms with E-state index in [1.807, 2.05) is 0 Å². The van der Waals surface area contributed by atoms with E-state index in [4.69, 9.17) is 4.98 Å². The Hall–Kier alpha value is -1.93. The minimum Gasteiger partial charge on any atom is -0.247 e. The number of hydrogen-bond acceptors (Lipinski definition) is 1. The second-order valence-corrected chi connectivity index (χ2v) is 5.99. The number of benzene rings is 3. The van der Waals surface area contributed by atoms with Crippen molar-refractivity contribution in [2.24, 2.45) is 0 Å². The van der Waals surface area contributed by atoms with Crippen LogP contribution in [0.25, 0.3) is 32.6 Å². The standard InChI is InChI=1S/C19H14BrN/c1-12-6-8-15-17(11-20)16-9-7-13-4-2-3-5-14(13)19(16)21-18(15)10-12/h2-10H,11H2,1H3. The average Bonchev–Trinajstić information content (AvgIpc) is 2.52. The van der Waals surface area contributed by atoms with Crippen molar-refractivity contribution in [1.82, 2.24) is 4.98 Å². The van der Waals surface area contributed by atoms with E-state index >= 15 is 0 Å². The van der Waals surface area contributed by atoms with Crippen molar-refractivity contribution in [1.29, 1.82) is 0 Å². The molecule has 4 rings (SSSR count). The van der Waals surface area contributed by atoms with Gasteiger partial charge >= 0.3 is 0 Å². The number of fused-ring (bicyclic) bond motifs is 4. The zero-order valence-corrected chi connectivity index (χ0v) is 13.3. The lowest BCUT2D eigenvalue weighted by atomic mass is 9.99. The Bertz CT molecular complexity index is 989. The molecule has 0 saturated heterocycles. The predicted octanol–water partition coefficient (Wildman–Crippen LogP) is 5.74. The Morgan fingerprint density at radius 2 is 1.71 bits per heavy atom. The van der Waals surface area contributed by atoms with Crippen LogP contribution < -0.4 is 0 Å². The smallest absolute Gasteiger partial charge is 0.0791 e. The van der Waals surface area contributed by atoms with Crippen LogP contribution in [0.1, 0.15) is 11.1 Å². The summed E-state index contributed by atoms with van der Waals surface area (Å²) in [5.74, 6) is 0. The first-order chi connectivity index (χ1) is 10.3. The maximum absolute atomic E-state index is 4.95. The number of aryl methyl sites for hydroxylation is 1. The van der Waals surface area contributed by atoms with Gasteiger partial charge in [-0.1, -0.05) is 64.5 Å². The van der Waals surface area contributed by atoms with E-state index in [9.17, 15) is 0 Å². The quantitative estimate of drug-likeness (QED) is 0.245. The van der Waals surface area contributed by atoms with Gasteiger partial charge in [-0.15, -0.1) is 0 Å². The van der Waals surface area contributed by atoms with Crippen molar-refractivity contribution in [3.05, 3.63) is 65.7 Å². The summed E-state index contributed by atoms with van der Waals surface area (Å²) in [4.78, 5) is 4.95. The third kappa shape index (κ3) is 1.94. The number of aromatic nitrogens is 1. The molecule has 2 heteroatoms. The topological polar surface area (TPSA) is 12.9 Å². The second kappa shape index (κ2) is 4.81. The highest BCUT2D eigenvalue weighted by Crippen LogP contribution is 2.32. The van der Waals surface area contributed by atoms with Crippen LogP contribution in [-0.4, -0.2) is 4.98 Å². The van der Waals surface area contributed by atoms with Gasteiger partial charge < -0.3 is 0 Å². The lowest BCUT2D eigenvalue weighted by Crippen LogP contribution is -1.92. The van der Waals surface area contributed by atoms with Crippen LogP contribution in [0.5, 0.6) is 0 Å². The molecule has 21 heavy (non-hydrogen) atoms. The van der Waals surface area contributed by atoms with Crippen LogP contribution in [0.15, 0.2) is 54.6 Å². The SMILES string of the molecule is Cc1ccc2c(CBr)c3ccc4ccccc4c3nc2c1. The Morgan fingerprint density at radius 3 is 2.57 bits per heavy atom. The third-order valence-corrected chi connectivity index (χ3v) is 4.63. The molecule has 1 aromatic heterocycles.